The van der Waals surface area contributed by atoms with E-state index in [4.69, 9.17) is 9.15 Å². The van der Waals surface area contributed by atoms with Crippen LogP contribution in [0.5, 0.6) is 0 Å². The summed E-state index contributed by atoms with van der Waals surface area (Å²) in [6.45, 7) is 3.35. The lowest BCUT2D eigenvalue weighted by Crippen LogP contribution is -2.41. The van der Waals surface area contributed by atoms with Crippen LogP contribution in [0.4, 0.5) is 10.5 Å². The largest absolute Gasteiger partial charge is 0.464 e. The number of benzene rings is 2. The van der Waals surface area contributed by atoms with Gasteiger partial charge in [-0.2, -0.15) is 0 Å². The Morgan fingerprint density at radius 2 is 1.86 bits per heavy atom. The van der Waals surface area contributed by atoms with Crippen molar-refractivity contribution < 1.29 is 23.5 Å². The van der Waals surface area contributed by atoms with Crippen molar-refractivity contribution in [2.75, 3.05) is 5.32 Å². The zero-order chi connectivity index (χ0) is 20.1. The zero-order valence-corrected chi connectivity index (χ0v) is 15.5. The number of esters is 1. The molecular weight excluding hydrogens is 360 g/mol. The number of rotatable bonds is 5. The molecule has 1 atom stereocenters. The van der Waals surface area contributed by atoms with E-state index in [1.165, 1.54) is 13.2 Å². The number of amides is 3. The smallest absolute Gasteiger partial charge is 0.325 e. The second-order valence-corrected chi connectivity index (χ2v) is 6.38. The fourth-order valence-electron chi connectivity index (χ4n) is 2.67. The summed E-state index contributed by atoms with van der Waals surface area (Å²) in [7, 11) is 0. The van der Waals surface area contributed by atoms with Crippen LogP contribution in [0.2, 0.25) is 0 Å². The Hall–Kier alpha value is -3.61. The number of carbonyl (C=O) groups excluding carboxylic acids is 3. The predicted octanol–water partition coefficient (Wildman–Crippen LogP) is 3.56. The van der Waals surface area contributed by atoms with E-state index in [0.717, 1.165) is 10.9 Å². The Morgan fingerprint density at radius 3 is 2.61 bits per heavy atom. The summed E-state index contributed by atoms with van der Waals surface area (Å²) in [5, 5.41) is 5.48. The van der Waals surface area contributed by atoms with E-state index in [0.29, 0.717) is 16.8 Å². The average Bonchev–Trinajstić information content (AvgIpc) is 3.03. The molecule has 0 aliphatic carbocycles. The highest BCUT2D eigenvalue weighted by molar-refractivity contribution is 6.03. The normalized spacial score (nSPS) is 11.6. The number of fused-ring (bicyclic) bond motifs is 1. The van der Waals surface area contributed by atoms with Crippen LogP contribution in [0.15, 0.2) is 59.2 Å². The molecule has 0 fully saturated rings. The number of carbonyl (C=O) groups is 3. The minimum absolute atomic E-state index is 0.0378. The van der Waals surface area contributed by atoms with Crippen molar-refractivity contribution in [2.45, 2.75) is 26.4 Å². The van der Waals surface area contributed by atoms with Crippen molar-refractivity contribution in [2.24, 2.45) is 0 Å². The Kier molecular flexibility index (Phi) is 5.74. The summed E-state index contributed by atoms with van der Waals surface area (Å²) in [5.41, 5.74) is 2.95. The quantitative estimate of drug-likeness (QED) is 0.660. The predicted molar refractivity (Wildman–Crippen MR) is 104 cm³/mol. The van der Waals surface area contributed by atoms with Gasteiger partial charge >= 0.3 is 12.0 Å². The number of furan rings is 1. The SMILES string of the molecule is Cc1ccc2c(CC(=O)OC(C)C(=O)NC(=O)Nc3ccccc3)coc2c1. The molecule has 3 rings (SSSR count). The first-order chi connectivity index (χ1) is 13.4. The van der Waals surface area contributed by atoms with E-state index in [1.807, 2.05) is 25.1 Å². The molecule has 1 heterocycles. The van der Waals surface area contributed by atoms with Gasteiger partial charge in [0.2, 0.25) is 0 Å². The highest BCUT2D eigenvalue weighted by Crippen LogP contribution is 2.23. The van der Waals surface area contributed by atoms with Crippen LogP contribution >= 0.6 is 0 Å². The lowest BCUT2D eigenvalue weighted by atomic mass is 10.1. The van der Waals surface area contributed by atoms with Crippen molar-refractivity contribution in [3.63, 3.8) is 0 Å². The lowest BCUT2D eigenvalue weighted by molar-refractivity contribution is -0.153. The third-order valence-electron chi connectivity index (χ3n) is 4.09. The monoisotopic (exact) mass is 380 g/mol. The minimum Gasteiger partial charge on any atom is -0.464 e. The van der Waals surface area contributed by atoms with E-state index in [1.54, 1.807) is 30.3 Å². The molecule has 2 aromatic carbocycles. The number of anilines is 1. The van der Waals surface area contributed by atoms with Gasteiger partial charge in [-0.05, 0) is 37.6 Å². The molecule has 0 aliphatic heterocycles. The van der Waals surface area contributed by atoms with Gasteiger partial charge in [0, 0.05) is 16.6 Å². The first-order valence-electron chi connectivity index (χ1n) is 8.75. The Balaban J connectivity index is 1.53. The van der Waals surface area contributed by atoms with Gasteiger partial charge in [0.1, 0.15) is 5.58 Å². The molecular formula is C21H20N2O5. The van der Waals surface area contributed by atoms with Crippen molar-refractivity contribution in [1.29, 1.82) is 0 Å². The molecule has 1 aromatic heterocycles. The van der Waals surface area contributed by atoms with Crippen LogP contribution in [0.25, 0.3) is 11.0 Å². The third-order valence-corrected chi connectivity index (χ3v) is 4.09. The first-order valence-corrected chi connectivity index (χ1v) is 8.75. The topological polar surface area (TPSA) is 97.6 Å². The van der Waals surface area contributed by atoms with E-state index in [2.05, 4.69) is 10.6 Å². The van der Waals surface area contributed by atoms with Crippen LogP contribution in [0, 0.1) is 6.92 Å². The fourth-order valence-corrected chi connectivity index (χ4v) is 2.67. The Bertz CT molecular complexity index is 1010. The second-order valence-electron chi connectivity index (χ2n) is 6.38. The number of imide groups is 1. The molecule has 0 bridgehead atoms. The standard InChI is InChI=1S/C21H20N2O5/c1-13-8-9-17-15(12-27-18(17)10-13)11-19(24)28-14(2)20(25)23-21(26)22-16-6-4-3-5-7-16/h3-10,12,14H,11H2,1-2H3,(H2,22,23,25,26). The summed E-state index contributed by atoms with van der Waals surface area (Å²) in [5.74, 6) is -1.30. The second kappa shape index (κ2) is 8.39. The molecule has 3 amide bonds. The minimum atomic E-state index is -1.12. The van der Waals surface area contributed by atoms with E-state index in [9.17, 15) is 14.4 Å². The first kappa shape index (κ1) is 19.2. The summed E-state index contributed by atoms with van der Waals surface area (Å²) in [6.07, 6.45) is 0.349. The van der Waals surface area contributed by atoms with Crippen LogP contribution in [0.1, 0.15) is 18.1 Å². The van der Waals surface area contributed by atoms with Crippen LogP contribution in [-0.2, 0) is 20.7 Å². The molecule has 144 valence electrons. The van der Waals surface area contributed by atoms with Gasteiger partial charge in [-0.3, -0.25) is 14.9 Å². The van der Waals surface area contributed by atoms with Crippen LogP contribution in [-0.4, -0.2) is 24.0 Å². The highest BCUT2D eigenvalue weighted by atomic mass is 16.5. The summed E-state index contributed by atoms with van der Waals surface area (Å²) < 4.78 is 10.6. The lowest BCUT2D eigenvalue weighted by Gasteiger charge is -2.13. The van der Waals surface area contributed by atoms with Gasteiger partial charge in [-0.1, -0.05) is 30.3 Å². The molecule has 28 heavy (non-hydrogen) atoms. The van der Waals surface area contributed by atoms with Gasteiger partial charge in [0.25, 0.3) is 5.91 Å². The molecule has 7 heteroatoms. The Labute approximate surface area is 161 Å². The van der Waals surface area contributed by atoms with Crippen molar-refractivity contribution in [3.05, 3.63) is 65.9 Å². The highest BCUT2D eigenvalue weighted by Gasteiger charge is 2.21. The summed E-state index contributed by atoms with van der Waals surface area (Å²) >= 11 is 0. The van der Waals surface area contributed by atoms with Crippen molar-refractivity contribution in [1.82, 2.24) is 5.32 Å². The zero-order valence-electron chi connectivity index (χ0n) is 15.5. The maximum Gasteiger partial charge on any atom is 0.325 e. The molecule has 0 saturated carbocycles. The van der Waals surface area contributed by atoms with Crippen LogP contribution in [0.3, 0.4) is 0 Å². The van der Waals surface area contributed by atoms with E-state index >= 15 is 0 Å². The summed E-state index contributed by atoms with van der Waals surface area (Å²) in [4.78, 5) is 36.1. The molecule has 0 saturated heterocycles. The van der Waals surface area contributed by atoms with Gasteiger partial charge < -0.3 is 14.5 Å². The maximum absolute atomic E-state index is 12.2. The number of hydrogen-bond acceptors (Lipinski definition) is 5. The molecule has 3 aromatic rings. The van der Waals surface area contributed by atoms with Gasteiger partial charge in [-0.15, -0.1) is 0 Å². The van der Waals surface area contributed by atoms with Crippen molar-refractivity contribution >= 4 is 34.6 Å². The average molecular weight is 380 g/mol. The molecule has 0 aliphatic rings. The maximum atomic E-state index is 12.2. The fraction of sp³-hybridized carbons (Fsp3) is 0.190. The third kappa shape index (κ3) is 4.76. The van der Waals surface area contributed by atoms with Crippen molar-refractivity contribution in [3.8, 4) is 0 Å². The number of para-hydroxylation sites is 1. The number of hydrogen-bond donors (Lipinski definition) is 2. The number of aryl methyl sites for hydroxylation is 1. The number of urea groups is 1. The summed E-state index contributed by atoms with van der Waals surface area (Å²) in [6, 6.07) is 13.7. The van der Waals surface area contributed by atoms with E-state index in [-0.39, 0.29) is 6.42 Å². The molecule has 2 N–H and O–H groups in total. The Morgan fingerprint density at radius 1 is 1.11 bits per heavy atom. The van der Waals surface area contributed by atoms with Gasteiger partial charge in [0.15, 0.2) is 6.10 Å². The van der Waals surface area contributed by atoms with Gasteiger partial charge in [0.05, 0.1) is 12.7 Å². The van der Waals surface area contributed by atoms with Crippen LogP contribution < -0.4 is 10.6 Å². The molecule has 1 unspecified atom stereocenters. The number of nitrogens with one attached hydrogen (secondary N) is 2. The van der Waals surface area contributed by atoms with E-state index < -0.39 is 24.0 Å². The molecule has 7 nitrogen and oxygen atoms in total. The number of ether oxygens (including phenoxy) is 1. The van der Waals surface area contributed by atoms with Gasteiger partial charge in [-0.25, -0.2) is 4.79 Å². The molecule has 0 radical (unpaired) electrons. The molecule has 0 spiro atoms.